The molecule has 1 aliphatic heterocycles. The zero-order chi connectivity index (χ0) is 17.3. The number of benzene rings is 1. The molecule has 1 aliphatic rings. The Bertz CT molecular complexity index is 851. The van der Waals surface area contributed by atoms with Crippen LogP contribution in [0.15, 0.2) is 35.2 Å². The van der Waals surface area contributed by atoms with Crippen LogP contribution in [-0.4, -0.2) is 41.5 Å². The van der Waals surface area contributed by atoms with Crippen LogP contribution >= 0.6 is 0 Å². The predicted molar refractivity (Wildman–Crippen MR) is 90.5 cm³/mol. The van der Waals surface area contributed by atoms with Gasteiger partial charge >= 0.3 is 0 Å². The molecule has 128 valence electrons. The maximum atomic E-state index is 13.0. The third kappa shape index (κ3) is 2.89. The molecule has 1 aromatic heterocycles. The van der Waals surface area contributed by atoms with Crippen molar-refractivity contribution in [2.24, 2.45) is 0 Å². The van der Waals surface area contributed by atoms with Crippen molar-refractivity contribution < 1.29 is 13.2 Å². The van der Waals surface area contributed by atoms with Crippen LogP contribution in [0.25, 0.3) is 0 Å². The molecule has 0 saturated carbocycles. The standard InChI is InChI=1S/C17H21N3O3S/c1-13-16(24(22,23)19-11-7-4-8-12-19)14(2)20(18-13)17(21)15-9-5-3-6-10-15/h3,5-6,9-10H,4,7-8,11-12H2,1-2H3. The SMILES string of the molecule is Cc1nn(C(=O)c2ccccc2)c(C)c1S(=O)(=O)N1CCCCC1. The minimum absolute atomic E-state index is 0.161. The fourth-order valence-corrected chi connectivity index (χ4v) is 5.01. The number of aryl methyl sites for hydroxylation is 1. The summed E-state index contributed by atoms with van der Waals surface area (Å²) in [6.45, 7) is 4.33. The van der Waals surface area contributed by atoms with Crippen LogP contribution < -0.4 is 0 Å². The summed E-state index contributed by atoms with van der Waals surface area (Å²) in [5.41, 5.74) is 1.21. The number of carbonyl (C=O) groups is 1. The highest BCUT2D eigenvalue weighted by Crippen LogP contribution is 2.26. The fraction of sp³-hybridized carbons (Fsp3) is 0.412. The van der Waals surface area contributed by atoms with E-state index in [4.69, 9.17) is 0 Å². The Labute approximate surface area is 142 Å². The Morgan fingerprint density at radius 2 is 1.67 bits per heavy atom. The minimum Gasteiger partial charge on any atom is -0.267 e. The first-order valence-corrected chi connectivity index (χ1v) is 9.53. The molecule has 2 aromatic rings. The monoisotopic (exact) mass is 347 g/mol. The van der Waals surface area contributed by atoms with Gasteiger partial charge in [-0.05, 0) is 38.8 Å². The van der Waals surface area contributed by atoms with E-state index < -0.39 is 10.0 Å². The molecule has 0 amide bonds. The zero-order valence-corrected chi connectivity index (χ0v) is 14.7. The molecular formula is C17H21N3O3S. The van der Waals surface area contributed by atoms with E-state index in [9.17, 15) is 13.2 Å². The second kappa shape index (κ2) is 6.49. The molecular weight excluding hydrogens is 326 g/mol. The second-order valence-corrected chi connectivity index (χ2v) is 7.92. The summed E-state index contributed by atoms with van der Waals surface area (Å²) in [4.78, 5) is 12.8. The lowest BCUT2D eigenvalue weighted by Crippen LogP contribution is -2.36. The lowest BCUT2D eigenvalue weighted by molar-refractivity contribution is 0.0942. The van der Waals surface area contributed by atoms with E-state index in [2.05, 4.69) is 5.10 Å². The average molecular weight is 347 g/mol. The van der Waals surface area contributed by atoms with E-state index in [-0.39, 0.29) is 10.8 Å². The van der Waals surface area contributed by atoms with Crippen LogP contribution in [0.3, 0.4) is 0 Å². The summed E-state index contributed by atoms with van der Waals surface area (Å²) >= 11 is 0. The maximum Gasteiger partial charge on any atom is 0.278 e. The lowest BCUT2D eigenvalue weighted by atomic mass is 10.2. The molecule has 1 fully saturated rings. The van der Waals surface area contributed by atoms with Gasteiger partial charge in [0.25, 0.3) is 5.91 Å². The Morgan fingerprint density at radius 3 is 2.29 bits per heavy atom. The number of piperidine rings is 1. The van der Waals surface area contributed by atoms with Crippen molar-refractivity contribution in [2.75, 3.05) is 13.1 Å². The molecule has 3 rings (SSSR count). The summed E-state index contributed by atoms with van der Waals surface area (Å²) in [7, 11) is -3.62. The van der Waals surface area contributed by atoms with Gasteiger partial charge in [-0.3, -0.25) is 4.79 Å². The lowest BCUT2D eigenvalue weighted by Gasteiger charge is -2.25. The van der Waals surface area contributed by atoms with Gasteiger partial charge in [-0.15, -0.1) is 0 Å². The van der Waals surface area contributed by atoms with Crippen LogP contribution in [-0.2, 0) is 10.0 Å². The molecule has 0 radical (unpaired) electrons. The molecule has 7 heteroatoms. The van der Waals surface area contributed by atoms with Gasteiger partial charge in [0, 0.05) is 18.7 Å². The number of hydrogen-bond acceptors (Lipinski definition) is 4. The summed E-state index contributed by atoms with van der Waals surface area (Å²) in [5, 5.41) is 4.21. The van der Waals surface area contributed by atoms with Crippen molar-refractivity contribution in [1.82, 2.24) is 14.1 Å². The van der Waals surface area contributed by atoms with E-state index in [0.29, 0.717) is 30.0 Å². The number of rotatable bonds is 3. The third-order valence-electron chi connectivity index (χ3n) is 4.35. The second-order valence-electron chi connectivity index (χ2n) is 6.05. The number of carbonyl (C=O) groups excluding carboxylic acids is 1. The molecule has 24 heavy (non-hydrogen) atoms. The van der Waals surface area contributed by atoms with E-state index in [1.54, 1.807) is 38.1 Å². The third-order valence-corrected chi connectivity index (χ3v) is 6.50. The Morgan fingerprint density at radius 1 is 1.04 bits per heavy atom. The van der Waals surface area contributed by atoms with Crippen molar-refractivity contribution >= 4 is 15.9 Å². The molecule has 0 bridgehead atoms. The van der Waals surface area contributed by atoms with Crippen molar-refractivity contribution in [1.29, 1.82) is 0 Å². The Balaban J connectivity index is 2.02. The highest BCUT2D eigenvalue weighted by atomic mass is 32.2. The largest absolute Gasteiger partial charge is 0.278 e. The molecule has 2 heterocycles. The number of sulfonamides is 1. The molecule has 0 aliphatic carbocycles. The Kier molecular flexibility index (Phi) is 4.56. The predicted octanol–water partition coefficient (Wildman–Crippen LogP) is 2.36. The average Bonchev–Trinajstić information content (AvgIpc) is 2.91. The molecule has 6 nitrogen and oxygen atoms in total. The van der Waals surface area contributed by atoms with Gasteiger partial charge in [0.05, 0.1) is 11.4 Å². The smallest absolute Gasteiger partial charge is 0.267 e. The van der Waals surface area contributed by atoms with Crippen molar-refractivity contribution in [3.05, 3.63) is 47.3 Å². The molecule has 1 aromatic carbocycles. The highest BCUT2D eigenvalue weighted by molar-refractivity contribution is 7.89. The van der Waals surface area contributed by atoms with Crippen LogP contribution in [0.5, 0.6) is 0 Å². The summed E-state index contributed by atoms with van der Waals surface area (Å²) in [6, 6.07) is 8.74. The van der Waals surface area contributed by atoms with Gasteiger partial charge in [-0.1, -0.05) is 24.6 Å². The van der Waals surface area contributed by atoms with Gasteiger partial charge in [-0.25, -0.2) is 8.42 Å². The van der Waals surface area contributed by atoms with Crippen LogP contribution in [0.4, 0.5) is 0 Å². The normalized spacial score (nSPS) is 16.2. The van der Waals surface area contributed by atoms with Crippen molar-refractivity contribution in [3.8, 4) is 0 Å². The van der Waals surface area contributed by atoms with Gasteiger partial charge in [0.15, 0.2) is 0 Å². The van der Waals surface area contributed by atoms with E-state index in [1.807, 2.05) is 6.07 Å². The van der Waals surface area contributed by atoms with Crippen molar-refractivity contribution in [2.45, 2.75) is 38.0 Å². The zero-order valence-electron chi connectivity index (χ0n) is 13.9. The minimum atomic E-state index is -3.62. The van der Waals surface area contributed by atoms with Crippen LogP contribution in [0.2, 0.25) is 0 Å². The van der Waals surface area contributed by atoms with Crippen molar-refractivity contribution in [3.63, 3.8) is 0 Å². The summed E-state index contributed by atoms with van der Waals surface area (Å²) in [5.74, 6) is -0.323. The maximum absolute atomic E-state index is 13.0. The topological polar surface area (TPSA) is 72.3 Å². The first-order valence-electron chi connectivity index (χ1n) is 8.09. The number of nitrogens with zero attached hydrogens (tertiary/aromatic N) is 3. The summed E-state index contributed by atoms with van der Waals surface area (Å²) < 4.78 is 28.6. The molecule has 0 unspecified atom stereocenters. The number of hydrogen-bond donors (Lipinski definition) is 0. The van der Waals surface area contributed by atoms with Crippen LogP contribution in [0, 0.1) is 13.8 Å². The van der Waals surface area contributed by atoms with Gasteiger partial charge < -0.3 is 0 Å². The van der Waals surface area contributed by atoms with Gasteiger partial charge in [-0.2, -0.15) is 14.1 Å². The molecule has 0 atom stereocenters. The van der Waals surface area contributed by atoms with Crippen LogP contribution in [0.1, 0.15) is 41.0 Å². The quantitative estimate of drug-likeness (QED) is 0.854. The Hall–Kier alpha value is -1.99. The van der Waals surface area contributed by atoms with E-state index in [0.717, 1.165) is 19.3 Å². The molecule has 0 N–H and O–H groups in total. The molecule has 0 spiro atoms. The first-order chi connectivity index (χ1) is 11.4. The fourth-order valence-electron chi connectivity index (χ4n) is 3.14. The number of aromatic nitrogens is 2. The van der Waals surface area contributed by atoms with E-state index >= 15 is 0 Å². The molecule has 1 saturated heterocycles. The first kappa shape index (κ1) is 16.9. The van der Waals surface area contributed by atoms with Gasteiger partial charge in [0.1, 0.15) is 4.90 Å². The van der Waals surface area contributed by atoms with E-state index in [1.165, 1.54) is 8.99 Å². The highest BCUT2D eigenvalue weighted by Gasteiger charge is 2.32. The van der Waals surface area contributed by atoms with Gasteiger partial charge in [0.2, 0.25) is 10.0 Å². The summed E-state index contributed by atoms with van der Waals surface area (Å²) in [6.07, 6.45) is 2.79.